The first-order valence-corrected chi connectivity index (χ1v) is 18.7. The van der Waals surface area contributed by atoms with Crippen LogP contribution in [-0.4, -0.2) is 81.0 Å². The molecule has 0 saturated carbocycles. The van der Waals surface area contributed by atoms with Crippen molar-refractivity contribution in [3.05, 3.63) is 131 Å². The Morgan fingerprint density at radius 1 is 0.643 bits per heavy atom. The summed E-state index contributed by atoms with van der Waals surface area (Å²) in [5.74, 6) is 0.778. The second-order valence-electron chi connectivity index (χ2n) is 13.3. The number of aromatic nitrogens is 4. The number of benzene rings is 3. The van der Waals surface area contributed by atoms with Crippen LogP contribution in [0.3, 0.4) is 0 Å². The number of carbonyl (C=O) groups excluding carboxylic acids is 4. The molecular weight excluding hydrogens is 713 g/mol. The average Bonchev–Trinajstić information content (AvgIpc) is 3.90. The molecule has 2 heterocycles. The highest BCUT2D eigenvalue weighted by Gasteiger charge is 2.29. The van der Waals surface area contributed by atoms with Crippen molar-refractivity contribution >= 4 is 24.0 Å². The molecule has 3 aromatic carbocycles. The lowest BCUT2D eigenvalue weighted by Gasteiger charge is -2.27. The maximum Gasteiger partial charge on any atom is 0.407 e. The highest BCUT2D eigenvalue weighted by molar-refractivity contribution is 5.87. The number of hydrogen-bond donors (Lipinski definition) is 4. The van der Waals surface area contributed by atoms with Crippen LogP contribution in [0.25, 0.3) is 11.3 Å². The Hall–Kier alpha value is -6.44. The molecule has 0 aliphatic carbocycles. The van der Waals surface area contributed by atoms with Gasteiger partial charge in [-0.05, 0) is 47.9 Å². The van der Waals surface area contributed by atoms with Gasteiger partial charge in [-0.3, -0.25) is 9.59 Å². The molecular formula is C42H50N8O6. The summed E-state index contributed by atoms with van der Waals surface area (Å²) in [5.41, 5.74) is 5.18. The molecule has 294 valence electrons. The minimum atomic E-state index is -0.903. The maximum absolute atomic E-state index is 13.8. The van der Waals surface area contributed by atoms with Crippen molar-refractivity contribution in [3.8, 4) is 11.3 Å². The van der Waals surface area contributed by atoms with Gasteiger partial charge in [0, 0.05) is 25.0 Å². The van der Waals surface area contributed by atoms with E-state index in [1.54, 1.807) is 46.5 Å². The Morgan fingerprint density at radius 3 is 1.61 bits per heavy atom. The number of aromatic amines is 2. The number of amides is 4. The predicted octanol–water partition coefficient (Wildman–Crippen LogP) is 6.26. The lowest BCUT2D eigenvalue weighted by molar-refractivity contribution is -0.135. The Labute approximate surface area is 327 Å². The topological polar surface area (TPSA) is 175 Å². The molecule has 0 aliphatic rings. The van der Waals surface area contributed by atoms with Crippen LogP contribution in [-0.2, 0) is 45.0 Å². The number of rotatable bonds is 18. The molecule has 2 aromatic heterocycles. The average molecular weight is 763 g/mol. The highest BCUT2D eigenvalue weighted by atomic mass is 16.5. The number of nitrogens with zero attached hydrogens (tertiary/aromatic N) is 4. The number of ether oxygens (including phenoxy) is 2. The summed E-state index contributed by atoms with van der Waals surface area (Å²) in [7, 11) is 2.54. The molecule has 0 radical (unpaired) electrons. The number of imidazole rings is 2. The van der Waals surface area contributed by atoms with Crippen molar-refractivity contribution in [2.45, 2.75) is 64.7 Å². The number of nitrogens with one attached hydrogen (secondary N) is 4. The third-order valence-corrected chi connectivity index (χ3v) is 9.20. The summed E-state index contributed by atoms with van der Waals surface area (Å²) in [6.45, 7) is 5.46. The van der Waals surface area contributed by atoms with Gasteiger partial charge >= 0.3 is 12.2 Å². The maximum atomic E-state index is 13.8. The highest BCUT2D eigenvalue weighted by Crippen LogP contribution is 2.22. The summed E-state index contributed by atoms with van der Waals surface area (Å²) in [4.78, 5) is 71.0. The standard InChI is InChI=1S/C42H50N8O6/c1-5-23-49(39(51)37(47-41(53)55-3)31-13-9-7-10-14-31)27-35-43-25-33(45-35)22-19-29-17-20-30(21-18-29)34-26-44-36(46-34)28-50(24-6-2)40(52)38(48-42(54)56-4)32-15-11-8-12-16-32/h7-18,20-21,25-26,37-38H,5-6,19,22-24,27-28H2,1-4H3,(H,43,45)(H,44,46)(H,47,53)(H,48,54)/t37-,38-/m1/s1. The van der Waals surface area contributed by atoms with Gasteiger partial charge in [-0.25, -0.2) is 19.6 Å². The van der Waals surface area contributed by atoms with E-state index >= 15 is 0 Å². The third kappa shape index (κ3) is 11.1. The molecule has 0 unspecified atom stereocenters. The van der Waals surface area contributed by atoms with E-state index < -0.39 is 24.3 Å². The van der Waals surface area contributed by atoms with Gasteiger partial charge in [0.05, 0.1) is 39.2 Å². The van der Waals surface area contributed by atoms with Crippen LogP contribution in [0.5, 0.6) is 0 Å². The number of H-pyrrole nitrogens is 2. The Balaban J connectivity index is 1.19. The van der Waals surface area contributed by atoms with E-state index in [1.165, 1.54) is 14.2 Å². The van der Waals surface area contributed by atoms with Crippen molar-refractivity contribution < 1.29 is 28.7 Å². The van der Waals surface area contributed by atoms with Crippen LogP contribution in [0.1, 0.15) is 72.8 Å². The fraction of sp³-hybridized carbons (Fsp3) is 0.333. The number of aryl methyl sites for hydroxylation is 2. The SMILES string of the molecule is CCCN(Cc1ncc(CCc2ccc(-c3cnc(CN(CCC)C(=O)[C@H](NC(=O)OC)c4ccccc4)[nH]3)cc2)[nH]1)C(=O)[C@H](NC(=O)OC)c1ccccc1. The van der Waals surface area contributed by atoms with Crippen LogP contribution >= 0.6 is 0 Å². The van der Waals surface area contributed by atoms with Gasteiger partial charge in [-0.1, -0.05) is 98.8 Å². The zero-order valence-electron chi connectivity index (χ0n) is 32.3. The van der Waals surface area contributed by atoms with E-state index in [9.17, 15) is 19.2 Å². The second-order valence-corrected chi connectivity index (χ2v) is 13.3. The van der Waals surface area contributed by atoms with Crippen molar-refractivity contribution in [2.75, 3.05) is 27.3 Å². The Morgan fingerprint density at radius 2 is 1.12 bits per heavy atom. The number of carbonyl (C=O) groups is 4. The monoisotopic (exact) mass is 762 g/mol. The Bertz CT molecular complexity index is 2020. The summed E-state index contributed by atoms with van der Waals surface area (Å²) < 4.78 is 9.59. The molecule has 14 heteroatoms. The van der Waals surface area contributed by atoms with Gasteiger partial charge < -0.3 is 39.9 Å². The minimum Gasteiger partial charge on any atom is -0.453 e. The molecule has 0 spiro atoms. The first kappa shape index (κ1) is 40.7. The molecule has 0 bridgehead atoms. The van der Waals surface area contributed by atoms with Crippen LogP contribution in [0.2, 0.25) is 0 Å². The van der Waals surface area contributed by atoms with Crippen molar-refractivity contribution in [2.24, 2.45) is 0 Å². The van der Waals surface area contributed by atoms with Gasteiger partial charge in [-0.2, -0.15) is 0 Å². The van der Waals surface area contributed by atoms with Crippen LogP contribution in [0.15, 0.2) is 97.3 Å². The number of alkyl carbamates (subject to hydrolysis) is 2. The van der Waals surface area contributed by atoms with Crippen molar-refractivity contribution in [3.63, 3.8) is 0 Å². The predicted molar refractivity (Wildman–Crippen MR) is 211 cm³/mol. The van der Waals surface area contributed by atoms with Gasteiger partial charge in [0.15, 0.2) is 0 Å². The molecule has 0 saturated heterocycles. The lowest BCUT2D eigenvalue weighted by atomic mass is 10.1. The summed E-state index contributed by atoms with van der Waals surface area (Å²) in [6, 6.07) is 24.6. The molecule has 56 heavy (non-hydrogen) atoms. The molecule has 2 atom stereocenters. The molecule has 0 fully saturated rings. The zero-order valence-corrected chi connectivity index (χ0v) is 32.3. The van der Waals surface area contributed by atoms with E-state index in [0.717, 1.165) is 48.2 Å². The molecule has 14 nitrogen and oxygen atoms in total. The van der Waals surface area contributed by atoms with Crippen LogP contribution in [0, 0.1) is 0 Å². The van der Waals surface area contributed by atoms with Gasteiger partial charge in [-0.15, -0.1) is 0 Å². The van der Waals surface area contributed by atoms with E-state index in [2.05, 4.69) is 42.7 Å². The second kappa shape index (κ2) is 20.3. The van der Waals surface area contributed by atoms with Crippen LogP contribution < -0.4 is 10.6 Å². The smallest absolute Gasteiger partial charge is 0.407 e. The molecule has 5 aromatic rings. The summed E-state index contributed by atoms with van der Waals surface area (Å²) in [5, 5.41) is 5.36. The molecule has 0 aliphatic heterocycles. The van der Waals surface area contributed by atoms with E-state index in [0.29, 0.717) is 35.9 Å². The molecule has 5 rings (SSSR count). The fourth-order valence-corrected chi connectivity index (χ4v) is 6.35. The van der Waals surface area contributed by atoms with E-state index in [4.69, 9.17) is 9.47 Å². The first-order valence-electron chi connectivity index (χ1n) is 18.7. The van der Waals surface area contributed by atoms with Gasteiger partial charge in [0.2, 0.25) is 11.8 Å². The minimum absolute atomic E-state index is 0.242. The third-order valence-electron chi connectivity index (χ3n) is 9.20. The lowest BCUT2D eigenvalue weighted by Crippen LogP contribution is -2.43. The van der Waals surface area contributed by atoms with E-state index in [-0.39, 0.29) is 24.9 Å². The van der Waals surface area contributed by atoms with Gasteiger partial charge in [0.1, 0.15) is 23.7 Å². The largest absolute Gasteiger partial charge is 0.453 e. The van der Waals surface area contributed by atoms with Crippen LogP contribution in [0.4, 0.5) is 9.59 Å². The zero-order chi connectivity index (χ0) is 39.9. The summed E-state index contributed by atoms with van der Waals surface area (Å²) in [6.07, 6.45) is 5.13. The molecule has 4 N–H and O–H groups in total. The quantitative estimate of drug-likeness (QED) is 0.0810. The van der Waals surface area contributed by atoms with Crippen molar-refractivity contribution in [1.29, 1.82) is 0 Å². The molecule has 4 amide bonds. The number of methoxy groups -OCH3 is 2. The van der Waals surface area contributed by atoms with Crippen molar-refractivity contribution in [1.82, 2.24) is 40.4 Å². The number of hydrogen-bond acceptors (Lipinski definition) is 8. The fourth-order valence-electron chi connectivity index (χ4n) is 6.35. The Kier molecular flexibility index (Phi) is 14.8. The first-order chi connectivity index (χ1) is 27.2. The summed E-state index contributed by atoms with van der Waals surface area (Å²) >= 11 is 0. The van der Waals surface area contributed by atoms with E-state index in [1.807, 2.05) is 62.4 Å². The normalized spacial score (nSPS) is 11.9. The van der Waals surface area contributed by atoms with Gasteiger partial charge in [0.25, 0.3) is 0 Å².